The molecule has 17 heteroatoms. The SMILES string of the molecule is C=C(C)C(=O)NCCC[N+](C)(C)C.C=C(C)C(=O)OCCC[N+](C)(C)C.C=CC(=O)OCCC[N+](C)(C)C.CCCC[N+](CC)(CCC)CCOCc1ccccc1.CCC[N+](CC)(CCC)CCOCc1ccccc1.CC[N+](CC)(CC)CCOCc1ccccc1.C[N+](C)(C)CCOCc1ccccc1. The summed E-state index contributed by atoms with van der Waals surface area (Å²) >= 11 is 0. The van der Waals surface area contributed by atoms with E-state index in [2.05, 4.69) is 263 Å². The van der Waals surface area contributed by atoms with E-state index in [1.165, 1.54) is 128 Å². The quantitative estimate of drug-likeness (QED) is 0.0200. The molecule has 0 fully saturated rings. The summed E-state index contributed by atoms with van der Waals surface area (Å²) in [6.45, 7) is 61.1. The molecule has 0 spiro atoms. The first kappa shape index (κ1) is 106. The predicted octanol–water partition coefficient (Wildman–Crippen LogP) is 15.9. The van der Waals surface area contributed by atoms with Gasteiger partial charge >= 0.3 is 11.9 Å². The average molecular weight is 1520 g/mol. The van der Waals surface area contributed by atoms with Gasteiger partial charge in [-0.1, -0.05) is 175 Å². The first-order chi connectivity index (χ1) is 51.0. The van der Waals surface area contributed by atoms with Crippen molar-refractivity contribution in [3.63, 3.8) is 0 Å². The minimum absolute atomic E-state index is 0.0404. The first-order valence-electron chi connectivity index (χ1n) is 40.8. The Kier molecular flexibility index (Phi) is 62.6. The van der Waals surface area contributed by atoms with Gasteiger partial charge in [0.1, 0.15) is 26.2 Å². The van der Waals surface area contributed by atoms with Gasteiger partial charge in [0.05, 0.1) is 229 Å². The fourth-order valence-corrected chi connectivity index (χ4v) is 11.4. The summed E-state index contributed by atoms with van der Waals surface area (Å²) in [6, 6.07) is 41.6. The average Bonchev–Trinajstić information content (AvgIpc) is 0.899. The number of hydrogen-bond donors (Lipinski definition) is 1. The van der Waals surface area contributed by atoms with E-state index in [0.29, 0.717) is 24.4 Å². The van der Waals surface area contributed by atoms with Crippen LogP contribution in [0.5, 0.6) is 0 Å². The zero-order chi connectivity index (χ0) is 82.2. The molecule has 0 heterocycles. The number of carbonyl (C=O) groups is 3. The lowest BCUT2D eigenvalue weighted by Crippen LogP contribution is -2.51. The van der Waals surface area contributed by atoms with Crippen LogP contribution in [0.3, 0.4) is 0 Å². The van der Waals surface area contributed by atoms with Gasteiger partial charge in [0, 0.05) is 43.0 Å². The first-order valence-corrected chi connectivity index (χ1v) is 40.8. The van der Waals surface area contributed by atoms with Crippen molar-refractivity contribution in [2.75, 3.05) is 235 Å². The zero-order valence-electron chi connectivity index (χ0n) is 73.8. The Labute approximate surface area is 664 Å². The molecule has 17 nitrogen and oxygen atoms in total. The van der Waals surface area contributed by atoms with Crippen molar-refractivity contribution >= 4 is 17.8 Å². The number of esters is 2. The van der Waals surface area contributed by atoms with E-state index in [4.69, 9.17) is 28.4 Å². The fourth-order valence-electron chi connectivity index (χ4n) is 11.4. The second kappa shape index (κ2) is 63.7. The minimum atomic E-state index is -0.337. The lowest BCUT2D eigenvalue weighted by Gasteiger charge is -2.37. The van der Waals surface area contributed by atoms with E-state index in [-0.39, 0.29) is 17.8 Å². The maximum atomic E-state index is 11.1. The molecule has 4 aromatic carbocycles. The van der Waals surface area contributed by atoms with E-state index >= 15 is 0 Å². The fraction of sp³-hybridized carbons (Fsp3) is 0.637. The van der Waals surface area contributed by atoms with Crippen LogP contribution in [0.1, 0.15) is 150 Å². The van der Waals surface area contributed by atoms with Gasteiger partial charge in [0.25, 0.3) is 0 Å². The number of hydrogen-bond acceptors (Lipinski definition) is 9. The van der Waals surface area contributed by atoms with Crippen molar-refractivity contribution in [2.24, 2.45) is 0 Å². The molecule has 1 N–H and O–H groups in total. The summed E-state index contributed by atoms with van der Waals surface area (Å²) in [4.78, 5) is 32.6. The van der Waals surface area contributed by atoms with Gasteiger partial charge in [-0.25, -0.2) is 9.59 Å². The largest absolute Gasteiger partial charge is 0.462 e. The van der Waals surface area contributed by atoms with Gasteiger partial charge < -0.3 is 65.1 Å². The molecule has 0 aliphatic heterocycles. The topological polar surface area (TPSA) is 119 Å². The number of likely N-dealkylation sites (N-methyl/N-ethyl adjacent to an activating group) is 4. The molecule has 1 atom stereocenters. The molecule has 0 saturated carbocycles. The molecule has 4 rings (SSSR count). The van der Waals surface area contributed by atoms with Gasteiger partial charge in [-0.15, -0.1) is 0 Å². The van der Waals surface area contributed by atoms with Gasteiger partial charge in [0.2, 0.25) is 5.91 Å². The molecule has 108 heavy (non-hydrogen) atoms. The second-order valence-corrected chi connectivity index (χ2v) is 32.6. The van der Waals surface area contributed by atoms with Gasteiger partial charge in [-0.05, 0) is 96.4 Å². The summed E-state index contributed by atoms with van der Waals surface area (Å²) in [5, 5.41) is 2.81. The summed E-state index contributed by atoms with van der Waals surface area (Å²) in [7, 11) is 25.6. The van der Waals surface area contributed by atoms with Crippen molar-refractivity contribution in [1.82, 2.24) is 5.32 Å². The van der Waals surface area contributed by atoms with Crippen LogP contribution in [-0.4, -0.2) is 285 Å². The third kappa shape index (κ3) is 63.8. The number of carbonyl (C=O) groups excluding carboxylic acids is 3. The van der Waals surface area contributed by atoms with Crippen LogP contribution >= 0.6 is 0 Å². The molecule has 1 unspecified atom stereocenters. The molecule has 1 amide bonds. The Morgan fingerprint density at radius 3 is 0.917 bits per heavy atom. The Hall–Kier alpha value is -5.93. The minimum Gasteiger partial charge on any atom is -0.462 e. The van der Waals surface area contributed by atoms with E-state index in [9.17, 15) is 14.4 Å². The molecule has 0 bridgehead atoms. The van der Waals surface area contributed by atoms with E-state index in [0.717, 1.165) is 147 Å². The summed E-state index contributed by atoms with van der Waals surface area (Å²) in [5.74, 6) is -0.667. The second-order valence-electron chi connectivity index (χ2n) is 32.6. The van der Waals surface area contributed by atoms with Crippen molar-refractivity contribution in [1.29, 1.82) is 0 Å². The third-order valence-electron chi connectivity index (χ3n) is 18.5. The van der Waals surface area contributed by atoms with Gasteiger partial charge in [-0.2, -0.15) is 0 Å². The number of unbranched alkanes of at least 4 members (excludes halogenated alkanes) is 1. The number of quaternary nitrogens is 7. The summed E-state index contributed by atoms with van der Waals surface area (Å²) in [6.07, 6.45) is 10.4. The molecule has 4 aromatic rings. The molecular weight excluding hydrogens is 1350 g/mol. The van der Waals surface area contributed by atoms with Crippen LogP contribution in [0, 0.1) is 0 Å². The molecule has 0 saturated heterocycles. The van der Waals surface area contributed by atoms with E-state index < -0.39 is 0 Å². The third-order valence-corrected chi connectivity index (χ3v) is 18.5. The lowest BCUT2D eigenvalue weighted by molar-refractivity contribution is -0.927. The van der Waals surface area contributed by atoms with Crippen LogP contribution in [0.2, 0.25) is 0 Å². The van der Waals surface area contributed by atoms with Crippen molar-refractivity contribution in [3.05, 3.63) is 181 Å². The lowest BCUT2D eigenvalue weighted by atomic mass is 10.2. The molecule has 0 aliphatic rings. The Morgan fingerprint density at radius 1 is 0.343 bits per heavy atom. The van der Waals surface area contributed by atoms with Crippen molar-refractivity contribution in [2.45, 2.75) is 154 Å². The van der Waals surface area contributed by atoms with Crippen LogP contribution in [0.15, 0.2) is 158 Å². The van der Waals surface area contributed by atoms with Crippen LogP contribution < -0.4 is 5.32 Å². The van der Waals surface area contributed by atoms with Gasteiger partial charge in [-0.3, -0.25) is 4.79 Å². The number of nitrogens with one attached hydrogen (secondary N) is 1. The maximum Gasteiger partial charge on any atom is 0.333 e. The number of benzene rings is 4. The summed E-state index contributed by atoms with van der Waals surface area (Å²) in [5.41, 5.74) is 6.08. The van der Waals surface area contributed by atoms with Crippen molar-refractivity contribution in [3.8, 4) is 0 Å². The molecule has 0 radical (unpaired) electrons. The monoisotopic (exact) mass is 1520 g/mol. The highest BCUT2D eigenvalue weighted by molar-refractivity contribution is 5.92. The normalized spacial score (nSPS) is 11.9. The number of amides is 1. The molecule has 0 aliphatic carbocycles. The maximum absolute atomic E-state index is 11.1. The summed E-state index contributed by atoms with van der Waals surface area (Å²) < 4.78 is 40.1. The molecule has 618 valence electrons. The van der Waals surface area contributed by atoms with E-state index in [1.54, 1.807) is 13.8 Å². The number of rotatable bonds is 49. The van der Waals surface area contributed by atoms with Crippen LogP contribution in [0.25, 0.3) is 0 Å². The predicted molar refractivity (Wildman–Crippen MR) is 458 cm³/mol. The molecular formula is C91H167N8O9+7. The van der Waals surface area contributed by atoms with Crippen LogP contribution in [-0.2, 0) is 69.2 Å². The zero-order valence-corrected chi connectivity index (χ0v) is 73.8. The van der Waals surface area contributed by atoms with Crippen molar-refractivity contribution < 1.29 is 74.2 Å². The Bertz CT molecular complexity index is 2760. The van der Waals surface area contributed by atoms with Gasteiger partial charge in [0.15, 0.2) is 0 Å². The standard InChI is InChI=1S/C18H32NO.C17H30NO.C15H26NO.C12H20NO.C10H20N2O.C10H20NO2.C9H18NO2/c1-4-7-14-19(6-3,13-5-2)15-16-20-17-18-11-9-8-10-12-18;1-4-12-18(6-3,13-5-2)14-15-19-16-17-10-8-7-9-11-17;1-4-16(5-2,6-3)12-13-17-14-15-10-8-7-9-11-15;1-13(2,3)9-10-14-11-12-7-5-4-6-8-12;1-9(2)10(13)11-7-6-8-12(3,4)5;1-9(2)10(12)13-8-6-7-11(3,4)5;1-5-9(11)12-8-6-7-10(2,3)4/h8-12H,4-7,13-17H2,1-3H3;7-11H,4-6,12-16H2,1-3H3;7-11H,4-6,12-14H2,1-3H3;4-8H,9-11H2,1-3H3;2*1,6-8H2,2-5H3;5H,1,6-8H2,2-4H3/q4*+1;;2*+1/p+1. The number of nitrogens with zero attached hydrogens (tertiary/aromatic N) is 7. The van der Waals surface area contributed by atoms with E-state index in [1.807, 2.05) is 30.3 Å². The highest BCUT2D eigenvalue weighted by atomic mass is 16.5. The Morgan fingerprint density at radius 2 is 0.639 bits per heavy atom. The van der Waals surface area contributed by atoms with Crippen LogP contribution in [0.4, 0.5) is 0 Å². The number of ether oxygens (including phenoxy) is 6. The Balaban J connectivity index is -0.00000120. The highest BCUT2D eigenvalue weighted by Crippen LogP contribution is 2.14. The molecule has 0 aromatic heterocycles. The smallest absolute Gasteiger partial charge is 0.333 e. The highest BCUT2D eigenvalue weighted by Gasteiger charge is 2.25.